The van der Waals surface area contributed by atoms with Crippen molar-refractivity contribution in [3.8, 4) is 0 Å². The van der Waals surface area contributed by atoms with Crippen LogP contribution in [0.5, 0.6) is 0 Å². The average molecular weight is 422 g/mol. The van der Waals surface area contributed by atoms with Gasteiger partial charge in [0, 0.05) is 15.8 Å². The number of hydrogen-bond donors (Lipinski definition) is 2. The van der Waals surface area contributed by atoms with Crippen molar-refractivity contribution in [2.45, 2.75) is 51.0 Å². The van der Waals surface area contributed by atoms with E-state index in [9.17, 15) is 9.90 Å². The molecular weight excluding hydrogens is 398 g/mol. The van der Waals surface area contributed by atoms with E-state index < -0.39 is 5.54 Å². The van der Waals surface area contributed by atoms with Gasteiger partial charge in [0.15, 0.2) is 0 Å². The lowest BCUT2D eigenvalue weighted by molar-refractivity contribution is -0.124. The highest BCUT2D eigenvalue weighted by Gasteiger charge is 2.35. The van der Waals surface area contributed by atoms with Gasteiger partial charge in [0.05, 0.1) is 12.1 Å². The van der Waals surface area contributed by atoms with Gasteiger partial charge in [-0.2, -0.15) is 0 Å². The van der Waals surface area contributed by atoms with Gasteiger partial charge in [-0.15, -0.1) is 11.3 Å². The lowest BCUT2D eigenvalue weighted by Gasteiger charge is -2.37. The number of carbonyl (C=O) groups is 1. The molecular formula is C20H24BrNO2S. The van der Waals surface area contributed by atoms with Gasteiger partial charge in [-0.3, -0.25) is 4.79 Å². The molecule has 134 valence electrons. The molecule has 0 saturated carbocycles. The molecule has 0 saturated heterocycles. The first kappa shape index (κ1) is 18.6. The Kier molecular flexibility index (Phi) is 5.97. The second-order valence-electron chi connectivity index (χ2n) is 6.96. The number of carbonyl (C=O) groups excluding carboxylic acids is 1. The van der Waals surface area contributed by atoms with Gasteiger partial charge in [0.1, 0.15) is 0 Å². The molecule has 0 bridgehead atoms. The first-order valence-electron chi connectivity index (χ1n) is 8.73. The van der Waals surface area contributed by atoms with Gasteiger partial charge in [-0.1, -0.05) is 22.0 Å². The Morgan fingerprint density at radius 2 is 2.20 bits per heavy atom. The summed E-state index contributed by atoms with van der Waals surface area (Å²) in [7, 11) is 0. The van der Waals surface area contributed by atoms with Gasteiger partial charge in [-0.25, -0.2) is 0 Å². The van der Waals surface area contributed by atoms with Crippen LogP contribution in [0.15, 0.2) is 34.1 Å². The minimum Gasteiger partial charge on any atom is -0.394 e. The van der Waals surface area contributed by atoms with Crippen LogP contribution in [0.1, 0.15) is 40.8 Å². The SMILES string of the molecule is Cc1ccsc1CCCC(=O)NC1(CO)CCc2cc(Br)ccc2C1. The largest absolute Gasteiger partial charge is 0.394 e. The molecule has 3 rings (SSSR count). The van der Waals surface area contributed by atoms with Crippen LogP contribution >= 0.6 is 27.3 Å². The maximum atomic E-state index is 12.4. The van der Waals surface area contributed by atoms with Crippen molar-refractivity contribution in [1.29, 1.82) is 0 Å². The van der Waals surface area contributed by atoms with E-state index in [4.69, 9.17) is 0 Å². The minimum atomic E-state index is -0.517. The fraction of sp³-hybridized carbons (Fsp3) is 0.450. The smallest absolute Gasteiger partial charge is 0.220 e. The number of aryl methyl sites for hydroxylation is 3. The highest BCUT2D eigenvalue weighted by molar-refractivity contribution is 9.10. The third kappa shape index (κ3) is 4.52. The monoisotopic (exact) mass is 421 g/mol. The van der Waals surface area contributed by atoms with E-state index in [1.54, 1.807) is 11.3 Å². The molecule has 1 aromatic carbocycles. The van der Waals surface area contributed by atoms with Crippen molar-refractivity contribution in [3.63, 3.8) is 0 Å². The number of rotatable bonds is 6. The fourth-order valence-electron chi connectivity index (χ4n) is 3.54. The summed E-state index contributed by atoms with van der Waals surface area (Å²) in [6.45, 7) is 2.10. The molecule has 1 atom stereocenters. The van der Waals surface area contributed by atoms with Crippen molar-refractivity contribution in [3.05, 3.63) is 55.7 Å². The molecule has 0 fully saturated rings. The number of benzene rings is 1. The number of amides is 1. The molecule has 1 aliphatic carbocycles. The van der Waals surface area contributed by atoms with E-state index in [0.717, 1.165) is 30.2 Å². The summed E-state index contributed by atoms with van der Waals surface area (Å²) in [6.07, 6.45) is 4.65. The van der Waals surface area contributed by atoms with Gasteiger partial charge in [-0.05, 0) is 79.3 Å². The second kappa shape index (κ2) is 8.02. The Morgan fingerprint density at radius 1 is 1.36 bits per heavy atom. The van der Waals surface area contributed by atoms with E-state index in [1.165, 1.54) is 21.6 Å². The molecule has 0 radical (unpaired) electrons. The third-order valence-electron chi connectivity index (χ3n) is 5.05. The predicted molar refractivity (Wildman–Crippen MR) is 106 cm³/mol. The number of halogens is 1. The van der Waals surface area contributed by atoms with Gasteiger partial charge >= 0.3 is 0 Å². The predicted octanol–water partition coefficient (Wildman–Crippen LogP) is 4.18. The van der Waals surface area contributed by atoms with Crippen molar-refractivity contribution in [1.82, 2.24) is 5.32 Å². The summed E-state index contributed by atoms with van der Waals surface area (Å²) in [5.74, 6) is 0.0452. The van der Waals surface area contributed by atoms with Crippen LogP contribution in [0.4, 0.5) is 0 Å². The molecule has 2 aromatic rings. The quantitative estimate of drug-likeness (QED) is 0.734. The van der Waals surface area contributed by atoms with E-state index in [2.05, 4.69) is 51.7 Å². The van der Waals surface area contributed by atoms with E-state index >= 15 is 0 Å². The van der Waals surface area contributed by atoms with Gasteiger partial charge in [0.2, 0.25) is 5.91 Å². The summed E-state index contributed by atoms with van der Waals surface area (Å²) >= 11 is 5.27. The first-order chi connectivity index (χ1) is 12.0. The van der Waals surface area contributed by atoms with Crippen LogP contribution in [0.25, 0.3) is 0 Å². The van der Waals surface area contributed by atoms with Crippen LogP contribution < -0.4 is 5.32 Å². The normalized spacial score (nSPS) is 19.5. The molecule has 2 N–H and O–H groups in total. The summed E-state index contributed by atoms with van der Waals surface area (Å²) in [5, 5.41) is 15.2. The lowest BCUT2D eigenvalue weighted by Crippen LogP contribution is -2.54. The van der Waals surface area contributed by atoms with E-state index in [0.29, 0.717) is 12.8 Å². The Labute approximate surface area is 161 Å². The number of nitrogens with one attached hydrogen (secondary N) is 1. The third-order valence-corrected chi connectivity index (χ3v) is 6.63. The number of aliphatic hydroxyl groups excluding tert-OH is 1. The highest BCUT2D eigenvalue weighted by Crippen LogP contribution is 2.30. The van der Waals surface area contributed by atoms with Crippen LogP contribution in [0.2, 0.25) is 0 Å². The van der Waals surface area contributed by atoms with Crippen molar-refractivity contribution in [2.75, 3.05) is 6.61 Å². The van der Waals surface area contributed by atoms with E-state index in [-0.39, 0.29) is 12.5 Å². The van der Waals surface area contributed by atoms with Crippen LogP contribution in [0, 0.1) is 6.92 Å². The van der Waals surface area contributed by atoms with Crippen molar-refractivity contribution >= 4 is 33.2 Å². The van der Waals surface area contributed by atoms with Gasteiger partial charge < -0.3 is 10.4 Å². The van der Waals surface area contributed by atoms with Crippen LogP contribution in [0.3, 0.4) is 0 Å². The molecule has 3 nitrogen and oxygen atoms in total. The van der Waals surface area contributed by atoms with Gasteiger partial charge in [0.25, 0.3) is 0 Å². The molecule has 1 aliphatic rings. The number of hydrogen-bond acceptors (Lipinski definition) is 3. The standard InChI is InChI=1S/C20H24BrNO2S/c1-14-8-10-25-18(14)3-2-4-19(24)22-20(13-23)9-7-15-11-17(21)6-5-16(15)12-20/h5-6,8,10-11,23H,2-4,7,9,12-13H2,1H3,(H,22,24). The molecule has 0 spiro atoms. The number of fused-ring (bicyclic) bond motifs is 1. The highest BCUT2D eigenvalue weighted by atomic mass is 79.9. The maximum absolute atomic E-state index is 12.4. The summed E-state index contributed by atoms with van der Waals surface area (Å²) in [4.78, 5) is 13.8. The second-order valence-corrected chi connectivity index (χ2v) is 8.87. The summed E-state index contributed by atoms with van der Waals surface area (Å²) in [5.41, 5.74) is 3.32. The Morgan fingerprint density at radius 3 is 2.92 bits per heavy atom. The maximum Gasteiger partial charge on any atom is 0.220 e. The molecule has 5 heteroatoms. The Hall–Kier alpha value is -1.17. The first-order valence-corrected chi connectivity index (χ1v) is 10.4. The minimum absolute atomic E-state index is 0.0156. The van der Waals surface area contributed by atoms with Crippen LogP contribution in [-0.2, 0) is 24.1 Å². The lowest BCUT2D eigenvalue weighted by atomic mass is 9.78. The summed E-state index contributed by atoms with van der Waals surface area (Å²) < 4.78 is 1.08. The van der Waals surface area contributed by atoms with Crippen LogP contribution in [-0.4, -0.2) is 23.2 Å². The topological polar surface area (TPSA) is 49.3 Å². The average Bonchev–Trinajstić information content (AvgIpc) is 3.00. The number of aliphatic hydroxyl groups is 1. The molecule has 0 aliphatic heterocycles. The molecule has 25 heavy (non-hydrogen) atoms. The molecule has 1 aromatic heterocycles. The number of thiophene rings is 1. The molecule has 1 unspecified atom stereocenters. The zero-order valence-electron chi connectivity index (χ0n) is 14.5. The zero-order valence-corrected chi connectivity index (χ0v) is 16.9. The van der Waals surface area contributed by atoms with Crippen molar-refractivity contribution in [2.24, 2.45) is 0 Å². The Bertz CT molecular complexity index is 758. The molecule has 1 amide bonds. The molecule has 1 heterocycles. The Balaban J connectivity index is 1.57. The zero-order chi connectivity index (χ0) is 17.9. The fourth-order valence-corrected chi connectivity index (χ4v) is 4.90. The van der Waals surface area contributed by atoms with Crippen molar-refractivity contribution < 1.29 is 9.90 Å². The summed E-state index contributed by atoms with van der Waals surface area (Å²) in [6, 6.07) is 8.38. The van der Waals surface area contributed by atoms with E-state index in [1.807, 2.05) is 6.07 Å².